The second kappa shape index (κ2) is 6.37. The van der Waals surface area contributed by atoms with Crippen molar-refractivity contribution in [2.45, 2.75) is 13.8 Å². The number of nitrogens with zero attached hydrogens (tertiary/aromatic N) is 1. The third-order valence-corrected chi connectivity index (χ3v) is 3.92. The van der Waals surface area contributed by atoms with Crippen molar-refractivity contribution in [1.82, 2.24) is 0 Å². The maximum Gasteiger partial charge on any atom is 0.365 e. The molecule has 108 valence electrons. The van der Waals surface area contributed by atoms with Gasteiger partial charge in [-0.3, -0.25) is 4.79 Å². The largest absolute Gasteiger partial charge is 0.365 e. The minimum absolute atomic E-state index is 0.101. The van der Waals surface area contributed by atoms with Crippen LogP contribution in [0.5, 0.6) is 0 Å². The van der Waals surface area contributed by atoms with Crippen LogP contribution in [-0.2, 0) is 9.63 Å². The van der Waals surface area contributed by atoms with Crippen molar-refractivity contribution in [3.05, 3.63) is 56.6 Å². The predicted molar refractivity (Wildman–Crippen MR) is 84.7 cm³/mol. The van der Waals surface area contributed by atoms with Crippen LogP contribution in [0, 0.1) is 0 Å². The third kappa shape index (κ3) is 3.49. The van der Waals surface area contributed by atoms with Crippen LogP contribution >= 0.6 is 27.5 Å². The number of rotatable bonds is 2. The SMILES string of the molecule is CC1=C(C)/C(=N\OC(=O)c2ccc(Cl)cc2)C=C(Br)C1=O. The number of Topliss-reactive ketones (excluding diaryl/α,β-unsaturated/α-hetero) is 1. The predicted octanol–water partition coefficient (Wildman–Crippen LogP) is 4.05. The molecule has 4 nitrogen and oxygen atoms in total. The van der Waals surface area contributed by atoms with Crippen molar-refractivity contribution in [3.8, 4) is 0 Å². The molecule has 0 amide bonds. The summed E-state index contributed by atoms with van der Waals surface area (Å²) in [6.45, 7) is 3.45. The zero-order valence-electron chi connectivity index (χ0n) is 11.3. The van der Waals surface area contributed by atoms with Gasteiger partial charge in [0, 0.05) is 10.6 Å². The van der Waals surface area contributed by atoms with Crippen molar-refractivity contribution in [2.24, 2.45) is 5.16 Å². The van der Waals surface area contributed by atoms with Crippen molar-refractivity contribution in [3.63, 3.8) is 0 Å². The summed E-state index contributed by atoms with van der Waals surface area (Å²) in [4.78, 5) is 28.5. The minimum Gasteiger partial charge on any atom is -0.312 e. The van der Waals surface area contributed by atoms with Gasteiger partial charge in [0.15, 0.2) is 5.78 Å². The molecule has 21 heavy (non-hydrogen) atoms. The summed E-state index contributed by atoms with van der Waals surface area (Å²) < 4.78 is 0.381. The van der Waals surface area contributed by atoms with Gasteiger partial charge in [0.05, 0.1) is 10.0 Å². The van der Waals surface area contributed by atoms with Crippen molar-refractivity contribution < 1.29 is 14.4 Å². The molecule has 0 saturated heterocycles. The topological polar surface area (TPSA) is 55.7 Å². The van der Waals surface area contributed by atoms with Gasteiger partial charge in [-0.15, -0.1) is 0 Å². The summed E-state index contributed by atoms with van der Waals surface area (Å²) in [5.41, 5.74) is 2.01. The molecular weight excluding hydrogens is 358 g/mol. The van der Waals surface area contributed by atoms with Gasteiger partial charge in [-0.25, -0.2) is 4.79 Å². The monoisotopic (exact) mass is 367 g/mol. The van der Waals surface area contributed by atoms with E-state index in [4.69, 9.17) is 16.4 Å². The average molecular weight is 369 g/mol. The van der Waals surface area contributed by atoms with Crippen molar-refractivity contribution in [1.29, 1.82) is 0 Å². The van der Waals surface area contributed by atoms with Crippen LogP contribution in [0.4, 0.5) is 0 Å². The van der Waals surface area contributed by atoms with Gasteiger partial charge in [0.2, 0.25) is 0 Å². The summed E-state index contributed by atoms with van der Waals surface area (Å²) in [6.07, 6.45) is 1.53. The number of allylic oxidation sites excluding steroid dienone is 4. The molecule has 0 atom stereocenters. The molecule has 0 aliphatic heterocycles. The Bertz CT molecular complexity index is 702. The Hall–Kier alpha value is -1.72. The molecule has 0 spiro atoms. The smallest absolute Gasteiger partial charge is 0.312 e. The third-order valence-electron chi connectivity index (χ3n) is 3.07. The van der Waals surface area contributed by atoms with E-state index in [0.717, 1.165) is 0 Å². The van der Waals surface area contributed by atoms with E-state index < -0.39 is 5.97 Å². The molecule has 1 aromatic rings. The Morgan fingerprint density at radius 3 is 2.43 bits per heavy atom. The maximum absolute atomic E-state index is 11.8. The Morgan fingerprint density at radius 2 is 1.81 bits per heavy atom. The fraction of sp³-hybridized carbons (Fsp3) is 0.133. The van der Waals surface area contributed by atoms with E-state index in [-0.39, 0.29) is 5.78 Å². The number of oxime groups is 1. The second-order valence-electron chi connectivity index (χ2n) is 4.43. The van der Waals surface area contributed by atoms with Crippen LogP contribution in [0.25, 0.3) is 0 Å². The van der Waals surface area contributed by atoms with Gasteiger partial charge >= 0.3 is 5.97 Å². The van der Waals surface area contributed by atoms with Gasteiger partial charge in [-0.2, -0.15) is 0 Å². The summed E-state index contributed by atoms with van der Waals surface area (Å²) in [6, 6.07) is 6.29. The summed E-state index contributed by atoms with van der Waals surface area (Å²) in [5, 5.41) is 4.35. The van der Waals surface area contributed by atoms with Crippen LogP contribution < -0.4 is 0 Å². The molecule has 0 aromatic heterocycles. The van der Waals surface area contributed by atoms with E-state index >= 15 is 0 Å². The highest BCUT2D eigenvalue weighted by Crippen LogP contribution is 2.23. The fourth-order valence-corrected chi connectivity index (χ4v) is 2.30. The lowest BCUT2D eigenvalue weighted by molar-refractivity contribution is -0.111. The van der Waals surface area contributed by atoms with Crippen molar-refractivity contribution in [2.75, 3.05) is 0 Å². The number of benzene rings is 1. The Morgan fingerprint density at radius 1 is 1.19 bits per heavy atom. The van der Waals surface area contributed by atoms with Gasteiger partial charge in [-0.1, -0.05) is 16.8 Å². The molecule has 0 N–H and O–H groups in total. The number of carbonyl (C=O) groups is 2. The number of hydrogen-bond donors (Lipinski definition) is 0. The molecule has 0 bridgehead atoms. The normalized spacial score (nSPS) is 17.0. The van der Waals surface area contributed by atoms with Crippen molar-refractivity contribution >= 4 is 45.0 Å². The molecule has 0 radical (unpaired) electrons. The zero-order valence-corrected chi connectivity index (χ0v) is 13.7. The van der Waals surface area contributed by atoms with E-state index in [2.05, 4.69) is 21.1 Å². The quantitative estimate of drug-likeness (QED) is 0.449. The lowest BCUT2D eigenvalue weighted by Crippen LogP contribution is -2.15. The molecule has 6 heteroatoms. The van der Waals surface area contributed by atoms with Crippen LogP contribution in [0.1, 0.15) is 24.2 Å². The van der Waals surface area contributed by atoms with Gasteiger partial charge in [0.1, 0.15) is 5.71 Å². The van der Waals surface area contributed by atoms with E-state index in [1.807, 2.05) is 0 Å². The number of halogens is 2. The first-order valence-corrected chi connectivity index (χ1v) is 7.22. The Labute approximate surface area is 135 Å². The molecular formula is C15H11BrClNO3. The van der Waals surface area contributed by atoms with E-state index in [1.54, 1.807) is 38.1 Å². The molecule has 0 heterocycles. The molecule has 0 saturated carbocycles. The Kier molecular flexibility index (Phi) is 4.75. The number of carbonyl (C=O) groups excluding carboxylic acids is 2. The zero-order chi connectivity index (χ0) is 15.6. The standard InChI is InChI=1S/C15H11BrClNO3/c1-8-9(2)14(19)12(16)7-13(8)18-21-15(20)10-3-5-11(17)6-4-10/h3-7H,1-2H3/b18-13-. The molecule has 0 fully saturated rings. The molecule has 1 aromatic carbocycles. The highest BCUT2D eigenvalue weighted by Gasteiger charge is 2.21. The van der Waals surface area contributed by atoms with Gasteiger partial charge in [0.25, 0.3) is 0 Å². The first-order chi connectivity index (χ1) is 9.90. The highest BCUT2D eigenvalue weighted by atomic mass is 79.9. The lowest BCUT2D eigenvalue weighted by atomic mass is 9.97. The van der Waals surface area contributed by atoms with Crippen LogP contribution in [0.2, 0.25) is 5.02 Å². The van der Waals surface area contributed by atoms with E-state index in [9.17, 15) is 9.59 Å². The number of ketones is 1. The van der Waals surface area contributed by atoms with E-state index in [0.29, 0.717) is 31.9 Å². The maximum atomic E-state index is 11.8. The summed E-state index contributed by atoms with van der Waals surface area (Å²) in [5.74, 6) is -0.693. The Balaban J connectivity index is 2.19. The summed E-state index contributed by atoms with van der Waals surface area (Å²) >= 11 is 8.91. The highest BCUT2D eigenvalue weighted by molar-refractivity contribution is 9.12. The van der Waals surface area contributed by atoms with Gasteiger partial charge in [-0.05, 0) is 65.7 Å². The van der Waals surface area contributed by atoms with E-state index in [1.165, 1.54) is 6.08 Å². The van der Waals surface area contributed by atoms with Crippen LogP contribution in [-0.4, -0.2) is 17.5 Å². The second-order valence-corrected chi connectivity index (χ2v) is 5.72. The molecule has 2 rings (SSSR count). The first-order valence-electron chi connectivity index (χ1n) is 6.05. The minimum atomic E-state index is -0.592. The average Bonchev–Trinajstić information content (AvgIpc) is 2.48. The van der Waals surface area contributed by atoms with Gasteiger partial charge < -0.3 is 4.84 Å². The van der Waals surface area contributed by atoms with Crippen LogP contribution in [0.3, 0.4) is 0 Å². The molecule has 0 unspecified atom stereocenters. The molecule has 1 aliphatic carbocycles. The van der Waals surface area contributed by atoms with Crippen LogP contribution in [0.15, 0.2) is 51.1 Å². The summed E-state index contributed by atoms with van der Waals surface area (Å²) in [7, 11) is 0. The lowest BCUT2D eigenvalue weighted by Gasteiger charge is -2.12. The number of hydrogen-bond acceptors (Lipinski definition) is 4. The first kappa shape index (κ1) is 15.7. The fourth-order valence-electron chi connectivity index (χ4n) is 1.66. The molecule has 1 aliphatic rings.